The third kappa shape index (κ3) is 6.15. The van der Waals surface area contributed by atoms with E-state index >= 15 is 0 Å². The number of hydrogen-bond donors (Lipinski definition) is 2. The van der Waals surface area contributed by atoms with Crippen molar-refractivity contribution >= 4 is 11.3 Å². The molecule has 0 aromatic carbocycles. The van der Waals surface area contributed by atoms with Crippen molar-refractivity contribution in [1.82, 2.24) is 10.3 Å². The number of nitrogens with two attached hydrogens (primary N) is 1. The average Bonchev–Trinajstić information content (AvgIpc) is 2.86. The van der Waals surface area contributed by atoms with E-state index in [1.165, 1.54) is 37.1 Å². The van der Waals surface area contributed by atoms with E-state index in [0.717, 1.165) is 19.5 Å². The molecule has 17 heavy (non-hydrogen) atoms. The fourth-order valence-corrected chi connectivity index (χ4v) is 2.69. The highest BCUT2D eigenvalue weighted by Crippen LogP contribution is 2.18. The van der Waals surface area contributed by atoms with Crippen molar-refractivity contribution < 1.29 is 0 Å². The average molecular weight is 255 g/mol. The van der Waals surface area contributed by atoms with Crippen molar-refractivity contribution in [3.05, 3.63) is 16.6 Å². The largest absolute Gasteiger partial charge is 0.330 e. The van der Waals surface area contributed by atoms with Crippen LogP contribution in [0, 0.1) is 0 Å². The van der Waals surface area contributed by atoms with E-state index in [0.29, 0.717) is 6.04 Å². The lowest BCUT2D eigenvalue weighted by Gasteiger charge is -2.14. The van der Waals surface area contributed by atoms with Crippen LogP contribution in [0.15, 0.2) is 11.6 Å². The first-order valence-electron chi connectivity index (χ1n) is 6.71. The molecular weight excluding hydrogens is 230 g/mol. The van der Waals surface area contributed by atoms with Gasteiger partial charge in [-0.2, -0.15) is 0 Å². The quantitative estimate of drug-likeness (QED) is 0.632. The Bertz CT molecular complexity index is 262. The molecule has 0 aliphatic carbocycles. The lowest BCUT2D eigenvalue weighted by molar-refractivity contribution is 0.492. The maximum atomic E-state index is 5.46. The minimum atomic E-state index is 0.444. The Morgan fingerprint density at radius 2 is 2.06 bits per heavy atom. The highest BCUT2D eigenvalue weighted by atomic mass is 32.1. The molecule has 1 atom stereocenters. The molecule has 1 rings (SSSR count). The van der Waals surface area contributed by atoms with Crippen LogP contribution in [0.25, 0.3) is 0 Å². The van der Waals surface area contributed by atoms with Gasteiger partial charge in [0.05, 0.1) is 6.04 Å². The van der Waals surface area contributed by atoms with Crippen molar-refractivity contribution in [2.45, 2.75) is 51.5 Å². The van der Waals surface area contributed by atoms with Gasteiger partial charge in [-0.15, -0.1) is 11.3 Å². The summed E-state index contributed by atoms with van der Waals surface area (Å²) in [7, 11) is 0. The summed E-state index contributed by atoms with van der Waals surface area (Å²) in [6.45, 7) is 4.14. The first-order chi connectivity index (χ1) is 8.38. The highest BCUT2D eigenvalue weighted by Gasteiger charge is 2.09. The zero-order chi connectivity index (χ0) is 12.3. The number of nitrogens with zero attached hydrogens (tertiary/aromatic N) is 1. The van der Waals surface area contributed by atoms with E-state index in [-0.39, 0.29) is 0 Å². The van der Waals surface area contributed by atoms with E-state index in [4.69, 9.17) is 5.73 Å². The Kier molecular flexibility index (Phi) is 8.22. The van der Waals surface area contributed by atoms with Gasteiger partial charge in [0, 0.05) is 11.6 Å². The zero-order valence-corrected chi connectivity index (χ0v) is 11.6. The van der Waals surface area contributed by atoms with Gasteiger partial charge >= 0.3 is 0 Å². The predicted octanol–water partition coefficient (Wildman–Crippen LogP) is 3.09. The third-order valence-electron chi connectivity index (χ3n) is 2.93. The summed E-state index contributed by atoms with van der Waals surface area (Å²) in [5, 5.41) is 6.85. The second-order valence-electron chi connectivity index (χ2n) is 4.34. The van der Waals surface area contributed by atoms with Crippen LogP contribution in [0.3, 0.4) is 0 Å². The molecule has 1 aromatic rings. The molecule has 0 aliphatic rings. The molecular formula is C13H25N3S. The number of thiazole rings is 1. The van der Waals surface area contributed by atoms with E-state index < -0.39 is 0 Å². The summed E-state index contributed by atoms with van der Waals surface area (Å²) in [6, 6.07) is 0.444. The summed E-state index contributed by atoms with van der Waals surface area (Å²) < 4.78 is 0. The molecule has 0 bridgehead atoms. The van der Waals surface area contributed by atoms with Gasteiger partial charge in [-0.3, -0.25) is 0 Å². The van der Waals surface area contributed by atoms with E-state index in [1.807, 2.05) is 11.6 Å². The lowest BCUT2D eigenvalue weighted by Crippen LogP contribution is -2.21. The van der Waals surface area contributed by atoms with Crippen molar-refractivity contribution in [3.63, 3.8) is 0 Å². The molecule has 0 saturated carbocycles. The van der Waals surface area contributed by atoms with Gasteiger partial charge in [-0.05, 0) is 32.4 Å². The molecule has 98 valence electrons. The molecule has 0 fully saturated rings. The van der Waals surface area contributed by atoms with Gasteiger partial charge < -0.3 is 11.1 Å². The third-order valence-corrected chi connectivity index (χ3v) is 3.82. The molecule has 1 aromatic heterocycles. The van der Waals surface area contributed by atoms with Gasteiger partial charge in [0.2, 0.25) is 0 Å². The number of unbranched alkanes of at least 4 members (excludes halogenated alkanes) is 4. The molecule has 0 aliphatic heterocycles. The van der Waals surface area contributed by atoms with E-state index in [2.05, 4.69) is 17.2 Å². The Balaban J connectivity index is 2.04. The van der Waals surface area contributed by atoms with Crippen LogP contribution in [0.2, 0.25) is 0 Å². The molecule has 0 saturated heterocycles. The minimum absolute atomic E-state index is 0.444. The van der Waals surface area contributed by atoms with Crippen molar-refractivity contribution in [3.8, 4) is 0 Å². The Morgan fingerprint density at radius 1 is 1.29 bits per heavy atom. The van der Waals surface area contributed by atoms with Gasteiger partial charge in [-0.25, -0.2) is 4.98 Å². The van der Waals surface area contributed by atoms with Crippen LogP contribution in [-0.4, -0.2) is 18.1 Å². The van der Waals surface area contributed by atoms with E-state index in [9.17, 15) is 0 Å². The highest BCUT2D eigenvalue weighted by molar-refractivity contribution is 7.09. The Labute approximate surface area is 109 Å². The van der Waals surface area contributed by atoms with Crippen molar-refractivity contribution in [2.24, 2.45) is 5.73 Å². The van der Waals surface area contributed by atoms with Crippen LogP contribution in [0.4, 0.5) is 0 Å². The molecule has 1 heterocycles. The van der Waals surface area contributed by atoms with Crippen LogP contribution in [0.5, 0.6) is 0 Å². The smallest absolute Gasteiger partial charge is 0.109 e. The molecule has 4 heteroatoms. The summed E-state index contributed by atoms with van der Waals surface area (Å²) >= 11 is 1.74. The lowest BCUT2D eigenvalue weighted by atomic mass is 10.1. The number of aromatic nitrogens is 1. The van der Waals surface area contributed by atoms with Crippen LogP contribution in [0.1, 0.15) is 56.5 Å². The molecule has 0 radical (unpaired) electrons. The maximum Gasteiger partial charge on any atom is 0.109 e. The molecule has 3 N–H and O–H groups in total. The number of hydrogen-bond acceptors (Lipinski definition) is 4. The minimum Gasteiger partial charge on any atom is -0.330 e. The standard InChI is InChI=1S/C13H25N3S/c1-2-12(13-16-10-11-17-13)15-9-7-5-3-4-6-8-14/h10-12,15H,2-9,14H2,1H3. The second-order valence-corrected chi connectivity index (χ2v) is 5.27. The van der Waals surface area contributed by atoms with Gasteiger partial charge in [0.15, 0.2) is 0 Å². The molecule has 0 spiro atoms. The summed E-state index contributed by atoms with van der Waals surface area (Å²) in [5.74, 6) is 0. The van der Waals surface area contributed by atoms with Gasteiger partial charge in [0.1, 0.15) is 5.01 Å². The van der Waals surface area contributed by atoms with Crippen molar-refractivity contribution in [1.29, 1.82) is 0 Å². The zero-order valence-electron chi connectivity index (χ0n) is 10.8. The topological polar surface area (TPSA) is 50.9 Å². The fourth-order valence-electron chi connectivity index (χ4n) is 1.89. The molecule has 1 unspecified atom stereocenters. The first kappa shape index (κ1) is 14.6. The molecule has 0 amide bonds. The monoisotopic (exact) mass is 255 g/mol. The SMILES string of the molecule is CCC(NCCCCCCCN)c1nccs1. The number of rotatable bonds is 10. The summed E-state index contributed by atoms with van der Waals surface area (Å²) in [4.78, 5) is 4.37. The summed E-state index contributed by atoms with van der Waals surface area (Å²) in [6.07, 6.45) is 9.32. The second kappa shape index (κ2) is 9.57. The van der Waals surface area contributed by atoms with Crippen LogP contribution >= 0.6 is 11.3 Å². The van der Waals surface area contributed by atoms with E-state index in [1.54, 1.807) is 11.3 Å². The normalized spacial score (nSPS) is 12.8. The van der Waals surface area contributed by atoms with Crippen LogP contribution < -0.4 is 11.1 Å². The van der Waals surface area contributed by atoms with Crippen LogP contribution in [-0.2, 0) is 0 Å². The first-order valence-corrected chi connectivity index (χ1v) is 7.59. The van der Waals surface area contributed by atoms with Gasteiger partial charge in [-0.1, -0.05) is 26.2 Å². The summed E-state index contributed by atoms with van der Waals surface area (Å²) in [5.41, 5.74) is 5.46. The Hall–Kier alpha value is -0.450. The maximum absolute atomic E-state index is 5.46. The number of nitrogens with one attached hydrogen (secondary N) is 1. The Morgan fingerprint density at radius 3 is 2.71 bits per heavy atom. The van der Waals surface area contributed by atoms with Gasteiger partial charge in [0.25, 0.3) is 0 Å². The van der Waals surface area contributed by atoms with Crippen molar-refractivity contribution in [2.75, 3.05) is 13.1 Å². The molecule has 3 nitrogen and oxygen atoms in total. The predicted molar refractivity (Wildman–Crippen MR) is 75.3 cm³/mol. The fraction of sp³-hybridized carbons (Fsp3) is 0.769.